The molecule has 0 saturated heterocycles. The second-order valence-corrected chi connectivity index (χ2v) is 6.80. The molecule has 2 aromatic heterocycles. The van der Waals surface area contributed by atoms with E-state index in [-0.39, 0.29) is 17.4 Å². The van der Waals surface area contributed by atoms with Crippen molar-refractivity contribution < 1.29 is 9.32 Å². The summed E-state index contributed by atoms with van der Waals surface area (Å²) in [4.78, 5) is 24.5. The molecule has 0 radical (unpaired) electrons. The summed E-state index contributed by atoms with van der Waals surface area (Å²) in [6.07, 6.45) is 0.866. The van der Waals surface area contributed by atoms with Crippen molar-refractivity contribution in [1.29, 1.82) is 0 Å². The van der Waals surface area contributed by atoms with Crippen molar-refractivity contribution in [2.75, 3.05) is 6.54 Å². The minimum absolute atomic E-state index is 0.0269. The fraction of sp³-hybridized carbons (Fsp3) is 0.400. The number of aromatic nitrogens is 3. The summed E-state index contributed by atoms with van der Waals surface area (Å²) < 4.78 is 6.46. The first kappa shape index (κ1) is 18.8. The van der Waals surface area contributed by atoms with Crippen LogP contribution in [0.2, 0.25) is 0 Å². The van der Waals surface area contributed by atoms with Crippen LogP contribution in [0.4, 0.5) is 0 Å². The average Bonchev–Trinajstić information content (AvgIpc) is 3.07. The Hall–Kier alpha value is -2.96. The number of fused-ring (bicyclic) bond motifs is 1. The Balaban J connectivity index is 1.52. The van der Waals surface area contributed by atoms with Crippen LogP contribution in [0.3, 0.4) is 0 Å². The smallest absolute Gasteiger partial charge is 0.296 e. The number of benzene rings is 1. The largest absolute Gasteiger partial charge is 0.360 e. The summed E-state index contributed by atoms with van der Waals surface area (Å²) in [7, 11) is 0. The zero-order chi connectivity index (χ0) is 19.4. The van der Waals surface area contributed by atoms with E-state index < -0.39 is 0 Å². The topological polar surface area (TPSA) is 90.0 Å². The highest BCUT2D eigenvalue weighted by Gasteiger charge is 2.15. The van der Waals surface area contributed by atoms with Gasteiger partial charge in [-0.1, -0.05) is 42.4 Å². The van der Waals surface area contributed by atoms with E-state index in [2.05, 4.69) is 34.6 Å². The number of nitrogens with one attached hydrogen (secondary N) is 1. The van der Waals surface area contributed by atoms with Gasteiger partial charge in [0.15, 0.2) is 5.52 Å². The van der Waals surface area contributed by atoms with Gasteiger partial charge in [0.05, 0.1) is 11.1 Å². The predicted octanol–water partition coefficient (Wildman–Crippen LogP) is 2.70. The van der Waals surface area contributed by atoms with E-state index in [1.165, 1.54) is 10.2 Å². The van der Waals surface area contributed by atoms with Crippen molar-refractivity contribution in [1.82, 2.24) is 20.3 Å². The molecule has 0 fully saturated rings. The molecule has 0 spiro atoms. The zero-order valence-corrected chi connectivity index (χ0v) is 15.9. The quantitative estimate of drug-likeness (QED) is 0.692. The Morgan fingerprint density at radius 2 is 2.00 bits per heavy atom. The Morgan fingerprint density at radius 3 is 2.74 bits per heavy atom. The number of hydrogen-bond acceptors (Lipinski definition) is 5. The fourth-order valence-electron chi connectivity index (χ4n) is 3.14. The van der Waals surface area contributed by atoms with E-state index in [0.717, 1.165) is 0 Å². The lowest BCUT2D eigenvalue weighted by Gasteiger charge is -2.13. The number of hydrogen-bond donors (Lipinski definition) is 1. The number of carbonyl (C=O) groups is 1. The molecule has 1 N–H and O–H groups in total. The van der Waals surface area contributed by atoms with Crippen molar-refractivity contribution in [2.24, 2.45) is 0 Å². The van der Waals surface area contributed by atoms with E-state index >= 15 is 0 Å². The van der Waals surface area contributed by atoms with Crippen molar-refractivity contribution in [3.63, 3.8) is 0 Å². The molecular weight excluding hydrogens is 344 g/mol. The van der Waals surface area contributed by atoms with E-state index in [1.807, 2.05) is 25.1 Å². The summed E-state index contributed by atoms with van der Waals surface area (Å²) in [5, 5.41) is 11.8. The Morgan fingerprint density at radius 1 is 1.26 bits per heavy atom. The predicted molar refractivity (Wildman–Crippen MR) is 103 cm³/mol. The molecule has 0 aliphatic carbocycles. The summed E-state index contributed by atoms with van der Waals surface area (Å²) in [5.41, 5.74) is 1.90. The molecule has 7 nitrogen and oxygen atoms in total. The van der Waals surface area contributed by atoms with Gasteiger partial charge in [0.1, 0.15) is 5.76 Å². The maximum atomic E-state index is 12.4. The zero-order valence-electron chi connectivity index (χ0n) is 15.9. The Labute approximate surface area is 157 Å². The lowest BCUT2D eigenvalue weighted by molar-refractivity contribution is -0.121. The molecule has 0 bridgehead atoms. The van der Waals surface area contributed by atoms with Gasteiger partial charge in [-0.05, 0) is 31.7 Å². The molecule has 1 aromatic carbocycles. The number of aryl methyl sites for hydroxylation is 3. The highest BCUT2D eigenvalue weighted by molar-refractivity contribution is 5.81. The van der Waals surface area contributed by atoms with E-state index in [9.17, 15) is 9.59 Å². The molecule has 7 heteroatoms. The van der Waals surface area contributed by atoms with Crippen molar-refractivity contribution in [3.05, 3.63) is 57.7 Å². The van der Waals surface area contributed by atoms with Gasteiger partial charge >= 0.3 is 0 Å². The molecule has 1 atom stereocenters. The molecule has 1 amide bonds. The van der Waals surface area contributed by atoms with Crippen LogP contribution in [0.15, 0.2) is 39.6 Å². The number of rotatable bonds is 7. The normalized spacial score (nSPS) is 12.3. The third-order valence-corrected chi connectivity index (χ3v) is 4.68. The molecular formula is C20H24N4O3. The molecule has 27 heavy (non-hydrogen) atoms. The molecule has 2 heterocycles. The number of nitrogens with zero attached hydrogens (tertiary/aromatic N) is 3. The van der Waals surface area contributed by atoms with Crippen molar-refractivity contribution in [3.8, 4) is 0 Å². The Bertz CT molecular complexity index is 992. The fourth-order valence-corrected chi connectivity index (χ4v) is 3.14. The van der Waals surface area contributed by atoms with Gasteiger partial charge in [0, 0.05) is 19.5 Å². The van der Waals surface area contributed by atoms with Gasteiger partial charge in [-0.25, -0.2) is 4.68 Å². The van der Waals surface area contributed by atoms with Gasteiger partial charge in [-0.2, -0.15) is 5.10 Å². The highest BCUT2D eigenvalue weighted by Crippen LogP contribution is 2.16. The minimum atomic E-state index is -0.287. The monoisotopic (exact) mass is 368 g/mol. The molecule has 3 rings (SSSR count). The van der Waals surface area contributed by atoms with Crippen LogP contribution in [0.5, 0.6) is 0 Å². The number of amides is 1. The minimum Gasteiger partial charge on any atom is -0.360 e. The lowest BCUT2D eigenvalue weighted by atomic mass is 10.0. The van der Waals surface area contributed by atoms with Gasteiger partial charge in [0.2, 0.25) is 5.91 Å². The molecule has 0 aliphatic heterocycles. The second-order valence-electron chi connectivity index (χ2n) is 6.80. The molecule has 142 valence electrons. The summed E-state index contributed by atoms with van der Waals surface area (Å²) in [5.74, 6) is 0.812. The van der Waals surface area contributed by atoms with Gasteiger partial charge in [-0.15, -0.1) is 0 Å². The van der Waals surface area contributed by atoms with Crippen LogP contribution in [-0.2, 0) is 11.3 Å². The maximum Gasteiger partial charge on any atom is 0.296 e. The highest BCUT2D eigenvalue weighted by atomic mass is 16.5. The van der Waals surface area contributed by atoms with Crippen molar-refractivity contribution in [2.45, 2.75) is 46.1 Å². The first-order valence-corrected chi connectivity index (χ1v) is 9.12. The molecule has 1 unspecified atom stereocenters. The number of carbonyl (C=O) groups excluding carboxylic acids is 1. The molecule has 0 aliphatic rings. The van der Waals surface area contributed by atoms with Gasteiger partial charge in [0.25, 0.3) is 5.56 Å². The van der Waals surface area contributed by atoms with Crippen LogP contribution in [0, 0.1) is 13.8 Å². The summed E-state index contributed by atoms with van der Waals surface area (Å²) >= 11 is 0. The van der Waals surface area contributed by atoms with Crippen LogP contribution >= 0.6 is 0 Å². The first-order valence-electron chi connectivity index (χ1n) is 9.12. The van der Waals surface area contributed by atoms with Gasteiger partial charge < -0.3 is 9.84 Å². The van der Waals surface area contributed by atoms with E-state index in [0.29, 0.717) is 48.3 Å². The van der Waals surface area contributed by atoms with Crippen LogP contribution in [0.1, 0.15) is 42.7 Å². The first-order chi connectivity index (χ1) is 13.0. The van der Waals surface area contributed by atoms with Gasteiger partial charge in [-0.3, -0.25) is 9.59 Å². The van der Waals surface area contributed by atoms with Crippen LogP contribution in [0.25, 0.3) is 10.9 Å². The second kappa shape index (κ2) is 8.16. The van der Waals surface area contributed by atoms with E-state index in [1.54, 1.807) is 6.92 Å². The third-order valence-electron chi connectivity index (χ3n) is 4.68. The summed E-state index contributed by atoms with van der Waals surface area (Å²) in [6.45, 7) is 6.61. The lowest BCUT2D eigenvalue weighted by Crippen LogP contribution is -2.28. The van der Waals surface area contributed by atoms with Crippen LogP contribution in [-0.4, -0.2) is 27.4 Å². The van der Waals surface area contributed by atoms with Crippen LogP contribution < -0.4 is 10.9 Å². The third kappa shape index (κ3) is 4.24. The molecule has 0 saturated carbocycles. The van der Waals surface area contributed by atoms with Crippen molar-refractivity contribution >= 4 is 16.8 Å². The Kier molecular flexibility index (Phi) is 5.69. The SMILES string of the molecule is Cc1nn(CCCC(=O)NCC(C)c2ccccc2)c(=O)c2noc(C)c12. The molecule has 3 aromatic rings. The average molecular weight is 368 g/mol. The maximum absolute atomic E-state index is 12.4. The standard InChI is InChI=1S/C20H24N4O3/c1-13(16-8-5-4-6-9-16)12-21-17(25)10-7-11-24-20(26)19-18(14(2)22-24)15(3)27-23-19/h4-6,8-9,13H,7,10-12H2,1-3H3,(H,21,25). The van der Waals surface area contributed by atoms with E-state index in [4.69, 9.17) is 4.52 Å². The summed E-state index contributed by atoms with van der Waals surface area (Å²) in [6, 6.07) is 10.1.